The van der Waals surface area contributed by atoms with E-state index in [0.29, 0.717) is 0 Å². The molecule has 124 valence electrons. The lowest BCUT2D eigenvalue weighted by Gasteiger charge is -2.08. The van der Waals surface area contributed by atoms with E-state index in [2.05, 4.69) is 15.2 Å². The third-order valence-corrected chi connectivity index (χ3v) is 4.96. The maximum atomic E-state index is 11.6. The van der Waals surface area contributed by atoms with Gasteiger partial charge in [0.2, 0.25) is 10.0 Å². The van der Waals surface area contributed by atoms with E-state index >= 15 is 0 Å². The fourth-order valence-corrected chi connectivity index (χ4v) is 3.39. The molecule has 0 aliphatic rings. The van der Waals surface area contributed by atoms with Gasteiger partial charge in [0.15, 0.2) is 0 Å². The number of sulfonamides is 1. The summed E-state index contributed by atoms with van der Waals surface area (Å²) < 4.78 is 23.2. The smallest absolute Gasteiger partial charge is 0.238 e. The zero-order chi connectivity index (χ0) is 17.4. The van der Waals surface area contributed by atoms with Gasteiger partial charge in [0.05, 0.1) is 16.6 Å². The molecule has 0 unspecified atom stereocenters. The molecule has 2 aromatic carbocycles. The van der Waals surface area contributed by atoms with Crippen LogP contribution in [0, 0.1) is 0 Å². The first-order chi connectivity index (χ1) is 12.0. The molecule has 0 aliphatic heterocycles. The van der Waals surface area contributed by atoms with E-state index in [0.717, 1.165) is 33.2 Å². The van der Waals surface area contributed by atoms with Crippen molar-refractivity contribution >= 4 is 20.9 Å². The minimum atomic E-state index is -3.74. The van der Waals surface area contributed by atoms with Crippen LogP contribution < -0.4 is 5.14 Å². The molecule has 2 heterocycles. The van der Waals surface area contributed by atoms with Crippen molar-refractivity contribution in [3.05, 3.63) is 67.1 Å². The van der Waals surface area contributed by atoms with Crippen LogP contribution in [0.1, 0.15) is 0 Å². The molecule has 0 atom stereocenters. The predicted octanol–water partition coefficient (Wildman–Crippen LogP) is 2.94. The first-order valence-electron chi connectivity index (χ1n) is 7.53. The van der Waals surface area contributed by atoms with Crippen LogP contribution in [0.3, 0.4) is 0 Å². The van der Waals surface area contributed by atoms with Gasteiger partial charge in [-0.1, -0.05) is 18.2 Å². The fraction of sp³-hybridized carbons (Fsp3) is 0. The van der Waals surface area contributed by atoms with Gasteiger partial charge in [-0.05, 0) is 47.0 Å². The number of nitrogens with one attached hydrogen (secondary N) is 1. The van der Waals surface area contributed by atoms with Crippen LogP contribution in [0.15, 0.2) is 72.0 Å². The summed E-state index contributed by atoms with van der Waals surface area (Å²) >= 11 is 0. The number of H-pyrrole nitrogens is 1. The molecular formula is C18H14N4O2S. The van der Waals surface area contributed by atoms with Crippen LogP contribution >= 0.6 is 0 Å². The van der Waals surface area contributed by atoms with Crippen LogP contribution in [0.25, 0.3) is 33.2 Å². The molecule has 0 aliphatic carbocycles. The van der Waals surface area contributed by atoms with Crippen molar-refractivity contribution in [2.24, 2.45) is 5.14 Å². The first kappa shape index (κ1) is 15.5. The lowest BCUT2D eigenvalue weighted by Crippen LogP contribution is -2.11. The largest absolute Gasteiger partial charge is 0.285 e. The topological polar surface area (TPSA) is 102 Å². The SMILES string of the molecule is NS(=O)(=O)c1cccc(-c2ccc3nccc(-c4cn[nH]c4)c3c2)c1. The Morgan fingerprint density at radius 3 is 2.56 bits per heavy atom. The van der Waals surface area contributed by atoms with E-state index in [1.165, 1.54) is 6.07 Å². The summed E-state index contributed by atoms with van der Waals surface area (Å²) in [6.45, 7) is 0. The molecule has 25 heavy (non-hydrogen) atoms. The van der Waals surface area contributed by atoms with Gasteiger partial charge >= 0.3 is 0 Å². The second kappa shape index (κ2) is 5.80. The molecule has 0 fully saturated rings. The van der Waals surface area contributed by atoms with Crippen LogP contribution in [-0.2, 0) is 10.0 Å². The quantitative estimate of drug-likeness (QED) is 0.593. The highest BCUT2D eigenvalue weighted by molar-refractivity contribution is 7.89. The van der Waals surface area contributed by atoms with Gasteiger partial charge in [0, 0.05) is 23.3 Å². The molecule has 0 saturated carbocycles. The van der Waals surface area contributed by atoms with Gasteiger partial charge in [0.1, 0.15) is 0 Å². The van der Waals surface area contributed by atoms with E-state index in [-0.39, 0.29) is 4.90 Å². The average molecular weight is 350 g/mol. The van der Waals surface area contributed by atoms with Crippen molar-refractivity contribution in [1.82, 2.24) is 15.2 Å². The number of fused-ring (bicyclic) bond motifs is 1. The highest BCUT2D eigenvalue weighted by Gasteiger charge is 2.11. The highest BCUT2D eigenvalue weighted by Crippen LogP contribution is 2.31. The number of primary sulfonamides is 1. The molecule has 0 bridgehead atoms. The first-order valence-corrected chi connectivity index (χ1v) is 9.08. The number of hydrogen-bond donors (Lipinski definition) is 2. The van der Waals surface area contributed by atoms with Crippen LogP contribution in [0.2, 0.25) is 0 Å². The predicted molar refractivity (Wildman–Crippen MR) is 96.1 cm³/mol. The van der Waals surface area contributed by atoms with E-state index in [9.17, 15) is 8.42 Å². The average Bonchev–Trinajstić information content (AvgIpc) is 3.14. The van der Waals surface area contributed by atoms with Gasteiger partial charge in [-0.25, -0.2) is 13.6 Å². The summed E-state index contributed by atoms with van der Waals surface area (Å²) in [7, 11) is -3.74. The molecule has 7 heteroatoms. The molecule has 3 N–H and O–H groups in total. The summed E-state index contributed by atoms with van der Waals surface area (Å²) in [6, 6.07) is 14.3. The summed E-state index contributed by atoms with van der Waals surface area (Å²) in [4.78, 5) is 4.49. The maximum Gasteiger partial charge on any atom is 0.238 e. The number of hydrogen-bond acceptors (Lipinski definition) is 4. The molecule has 4 aromatic rings. The lowest BCUT2D eigenvalue weighted by atomic mass is 9.99. The molecule has 0 amide bonds. The molecule has 0 radical (unpaired) electrons. The van der Waals surface area contributed by atoms with Crippen molar-refractivity contribution in [2.75, 3.05) is 0 Å². The summed E-state index contributed by atoms with van der Waals surface area (Å²) in [6.07, 6.45) is 5.33. The monoisotopic (exact) mass is 350 g/mol. The number of benzene rings is 2. The Morgan fingerprint density at radius 1 is 0.960 bits per heavy atom. The van der Waals surface area contributed by atoms with Crippen molar-refractivity contribution in [1.29, 1.82) is 0 Å². The van der Waals surface area contributed by atoms with Gasteiger partial charge in [-0.15, -0.1) is 0 Å². The fourth-order valence-electron chi connectivity index (χ4n) is 2.83. The Kier molecular flexibility index (Phi) is 3.60. The van der Waals surface area contributed by atoms with Crippen molar-refractivity contribution < 1.29 is 8.42 Å². The zero-order valence-corrected chi connectivity index (χ0v) is 13.9. The molecular weight excluding hydrogens is 336 g/mol. The Balaban J connectivity index is 1.91. The normalized spacial score (nSPS) is 11.7. The molecule has 4 rings (SSSR count). The Hall–Kier alpha value is -3.03. The molecule has 2 aromatic heterocycles. The van der Waals surface area contributed by atoms with E-state index < -0.39 is 10.0 Å². The Bertz CT molecular complexity index is 1170. The van der Waals surface area contributed by atoms with Gasteiger partial charge in [-0.3, -0.25) is 10.1 Å². The minimum Gasteiger partial charge on any atom is -0.285 e. The van der Waals surface area contributed by atoms with E-state index in [1.54, 1.807) is 24.5 Å². The van der Waals surface area contributed by atoms with Crippen LogP contribution in [0.5, 0.6) is 0 Å². The molecule has 0 saturated heterocycles. The van der Waals surface area contributed by atoms with Crippen molar-refractivity contribution in [3.8, 4) is 22.3 Å². The van der Waals surface area contributed by atoms with Crippen LogP contribution in [0.4, 0.5) is 0 Å². The van der Waals surface area contributed by atoms with Gasteiger partial charge in [0.25, 0.3) is 0 Å². The third kappa shape index (κ3) is 2.90. The Morgan fingerprint density at radius 2 is 1.80 bits per heavy atom. The summed E-state index contributed by atoms with van der Waals surface area (Å²) in [5.41, 5.74) is 4.47. The summed E-state index contributed by atoms with van der Waals surface area (Å²) in [5.74, 6) is 0. The second-order valence-corrected chi connectivity index (χ2v) is 7.21. The number of aromatic nitrogens is 3. The maximum absolute atomic E-state index is 11.6. The third-order valence-electron chi connectivity index (χ3n) is 4.05. The van der Waals surface area contributed by atoms with E-state index in [4.69, 9.17) is 5.14 Å². The van der Waals surface area contributed by atoms with Crippen LogP contribution in [-0.4, -0.2) is 23.6 Å². The number of pyridine rings is 1. The number of aromatic amines is 1. The number of rotatable bonds is 3. The molecule has 6 nitrogen and oxygen atoms in total. The highest BCUT2D eigenvalue weighted by atomic mass is 32.2. The zero-order valence-electron chi connectivity index (χ0n) is 13.0. The minimum absolute atomic E-state index is 0.0892. The van der Waals surface area contributed by atoms with Crippen molar-refractivity contribution in [3.63, 3.8) is 0 Å². The molecule has 0 spiro atoms. The number of nitrogens with two attached hydrogens (primary N) is 1. The summed E-state index contributed by atoms with van der Waals surface area (Å²) in [5, 5.41) is 13.0. The van der Waals surface area contributed by atoms with Gasteiger partial charge < -0.3 is 0 Å². The standard InChI is InChI=1S/C18H14N4O2S/c19-25(23,24)15-3-1-2-12(8-15)13-4-5-18-17(9-13)16(6-7-20-18)14-10-21-22-11-14/h1-11H,(H,21,22)(H2,19,23,24). The second-order valence-electron chi connectivity index (χ2n) is 5.65. The van der Waals surface area contributed by atoms with Gasteiger partial charge in [-0.2, -0.15) is 5.10 Å². The Labute approximate surface area is 144 Å². The lowest BCUT2D eigenvalue weighted by molar-refractivity contribution is 0.598. The van der Waals surface area contributed by atoms with E-state index in [1.807, 2.05) is 36.5 Å². The van der Waals surface area contributed by atoms with Crippen molar-refractivity contribution in [2.45, 2.75) is 4.90 Å². The number of nitrogens with zero attached hydrogens (tertiary/aromatic N) is 2.